The zero-order valence-electron chi connectivity index (χ0n) is 7.95. The van der Waals surface area contributed by atoms with Gasteiger partial charge >= 0.3 is 0 Å². The van der Waals surface area contributed by atoms with E-state index in [1.54, 1.807) is 6.92 Å². The van der Waals surface area contributed by atoms with E-state index in [-0.39, 0.29) is 10.9 Å². The fourth-order valence-corrected chi connectivity index (χ4v) is 1.17. The number of nitrogens with two attached hydrogens (primary N) is 1. The Hall–Kier alpha value is -0.350. The van der Waals surface area contributed by atoms with E-state index in [0.29, 0.717) is 12.8 Å². The number of carbonyl (C=O) groups is 2. The minimum absolute atomic E-state index is 0.217. The van der Waals surface area contributed by atoms with Gasteiger partial charge in [-0.25, -0.2) is 0 Å². The van der Waals surface area contributed by atoms with Crippen LogP contribution in [0.4, 0.5) is 0 Å². The van der Waals surface area contributed by atoms with E-state index in [0.717, 1.165) is 19.3 Å². The highest BCUT2D eigenvalue weighted by atomic mass is 32.1. The molecule has 0 aromatic carbocycles. The van der Waals surface area contributed by atoms with Crippen molar-refractivity contribution in [3.05, 3.63) is 0 Å². The van der Waals surface area contributed by atoms with Crippen LogP contribution in [0.25, 0.3) is 0 Å². The van der Waals surface area contributed by atoms with Crippen LogP contribution in [0, 0.1) is 0 Å². The van der Waals surface area contributed by atoms with Gasteiger partial charge in [-0.1, -0.05) is 12.8 Å². The molecule has 2 N–H and O–H groups in total. The lowest BCUT2D eigenvalue weighted by Gasteiger charge is -2.05. The van der Waals surface area contributed by atoms with Crippen molar-refractivity contribution < 1.29 is 9.59 Å². The maximum absolute atomic E-state index is 10.6. The minimum atomic E-state index is -0.444. The van der Waals surface area contributed by atoms with Crippen LogP contribution in [0.1, 0.15) is 39.0 Å². The van der Waals surface area contributed by atoms with E-state index < -0.39 is 6.04 Å². The van der Waals surface area contributed by atoms with Crippen LogP contribution in [-0.2, 0) is 9.59 Å². The molecule has 0 bridgehead atoms. The molecular formula is C9H17NO2S. The highest BCUT2D eigenvalue weighted by molar-refractivity contribution is 7.96. The molecule has 0 aliphatic carbocycles. The maximum Gasteiger partial charge on any atom is 0.202 e. The average molecular weight is 203 g/mol. The van der Waals surface area contributed by atoms with Crippen molar-refractivity contribution in [3.63, 3.8) is 0 Å². The van der Waals surface area contributed by atoms with Crippen LogP contribution >= 0.6 is 12.6 Å². The summed E-state index contributed by atoms with van der Waals surface area (Å²) in [6, 6.07) is -0.444. The molecule has 0 heterocycles. The zero-order chi connectivity index (χ0) is 10.3. The fraction of sp³-hybridized carbons (Fsp3) is 0.778. The molecule has 3 nitrogen and oxygen atoms in total. The van der Waals surface area contributed by atoms with Crippen LogP contribution in [0.3, 0.4) is 0 Å². The molecule has 0 saturated carbocycles. The third kappa shape index (κ3) is 7.99. The van der Waals surface area contributed by atoms with Crippen molar-refractivity contribution in [1.29, 1.82) is 0 Å². The van der Waals surface area contributed by atoms with E-state index in [1.165, 1.54) is 0 Å². The molecule has 0 saturated heterocycles. The predicted molar refractivity (Wildman–Crippen MR) is 55.7 cm³/mol. The topological polar surface area (TPSA) is 60.2 Å². The summed E-state index contributed by atoms with van der Waals surface area (Å²) in [7, 11) is 0. The second-order valence-corrected chi connectivity index (χ2v) is 3.69. The van der Waals surface area contributed by atoms with E-state index >= 15 is 0 Å². The predicted octanol–water partition coefficient (Wildman–Crippen LogP) is 1.31. The van der Waals surface area contributed by atoms with Crippen LogP contribution < -0.4 is 5.73 Å². The van der Waals surface area contributed by atoms with Crippen molar-refractivity contribution in [2.75, 3.05) is 0 Å². The summed E-state index contributed by atoms with van der Waals surface area (Å²) in [6.07, 6.45) is 4.03. The molecule has 1 unspecified atom stereocenters. The van der Waals surface area contributed by atoms with Gasteiger partial charge in [0.15, 0.2) is 0 Å². The first-order valence-corrected chi connectivity index (χ1v) is 4.96. The monoisotopic (exact) mass is 203 g/mol. The smallest absolute Gasteiger partial charge is 0.202 e. The molecule has 0 rings (SSSR count). The van der Waals surface area contributed by atoms with Crippen LogP contribution in [0.5, 0.6) is 0 Å². The molecule has 0 aromatic heterocycles. The number of rotatable bonds is 7. The molecule has 1 atom stereocenters. The van der Waals surface area contributed by atoms with Crippen LogP contribution in [0.2, 0.25) is 0 Å². The summed E-state index contributed by atoms with van der Waals surface area (Å²) in [6.45, 7) is 1.59. The molecule has 0 aliphatic heterocycles. The highest BCUT2D eigenvalue weighted by Gasteiger charge is 2.07. The molecular weight excluding hydrogens is 186 g/mol. The molecule has 0 aromatic rings. The number of hydrogen-bond acceptors (Lipinski definition) is 3. The molecule has 4 heteroatoms. The largest absolute Gasteiger partial charge is 0.321 e. The Bertz CT molecular complexity index is 182. The summed E-state index contributed by atoms with van der Waals surface area (Å²) < 4.78 is 0. The van der Waals surface area contributed by atoms with Gasteiger partial charge in [0.2, 0.25) is 5.12 Å². The normalized spacial score (nSPS) is 12.5. The van der Waals surface area contributed by atoms with Gasteiger partial charge in [-0.15, -0.1) is 12.6 Å². The Morgan fingerprint density at radius 3 is 2.38 bits per heavy atom. The molecule has 0 spiro atoms. The molecule has 0 radical (unpaired) electrons. The fourth-order valence-electron chi connectivity index (χ4n) is 1.04. The van der Waals surface area contributed by atoms with Crippen molar-refractivity contribution in [3.8, 4) is 0 Å². The summed E-state index contributed by atoms with van der Waals surface area (Å²) in [5.41, 5.74) is 5.47. The Kier molecular flexibility index (Phi) is 6.90. The van der Waals surface area contributed by atoms with Gasteiger partial charge in [0.1, 0.15) is 5.78 Å². The Morgan fingerprint density at radius 1 is 1.31 bits per heavy atom. The summed E-state index contributed by atoms with van der Waals surface area (Å²) in [5, 5.41) is -0.258. The average Bonchev–Trinajstić information content (AvgIpc) is 2.02. The molecule has 0 aliphatic rings. The number of thiol groups is 1. The number of unbranched alkanes of at least 4 members (excludes halogenated alkanes) is 2. The highest BCUT2D eigenvalue weighted by Crippen LogP contribution is 2.06. The van der Waals surface area contributed by atoms with E-state index in [9.17, 15) is 9.59 Å². The van der Waals surface area contributed by atoms with Gasteiger partial charge in [0, 0.05) is 6.42 Å². The van der Waals surface area contributed by atoms with Gasteiger partial charge in [0.25, 0.3) is 0 Å². The van der Waals surface area contributed by atoms with Crippen molar-refractivity contribution in [2.45, 2.75) is 45.1 Å². The second kappa shape index (κ2) is 7.09. The van der Waals surface area contributed by atoms with E-state index in [1.807, 2.05) is 0 Å². The molecule has 76 valence electrons. The van der Waals surface area contributed by atoms with Crippen molar-refractivity contribution >= 4 is 23.5 Å². The Balaban J connectivity index is 3.26. The first-order valence-electron chi connectivity index (χ1n) is 4.52. The van der Waals surface area contributed by atoms with E-state index in [4.69, 9.17) is 5.73 Å². The van der Waals surface area contributed by atoms with Gasteiger partial charge in [-0.05, 0) is 19.8 Å². The van der Waals surface area contributed by atoms with Gasteiger partial charge in [0.05, 0.1) is 6.04 Å². The van der Waals surface area contributed by atoms with Gasteiger partial charge in [-0.2, -0.15) is 0 Å². The lowest BCUT2D eigenvalue weighted by atomic mass is 10.1. The number of Topliss-reactive ketones (excluding diaryl/α,β-unsaturated/α-hetero) is 1. The third-order valence-electron chi connectivity index (χ3n) is 1.86. The number of carbonyl (C=O) groups excluding carboxylic acids is 2. The lowest BCUT2D eigenvalue weighted by Crippen LogP contribution is -2.26. The molecule has 13 heavy (non-hydrogen) atoms. The minimum Gasteiger partial charge on any atom is -0.321 e. The van der Waals surface area contributed by atoms with Crippen LogP contribution in [0.15, 0.2) is 0 Å². The number of hydrogen-bond donors (Lipinski definition) is 2. The lowest BCUT2D eigenvalue weighted by molar-refractivity contribution is -0.117. The Labute approximate surface area is 84.5 Å². The van der Waals surface area contributed by atoms with Gasteiger partial charge < -0.3 is 10.5 Å². The first-order chi connectivity index (χ1) is 6.04. The van der Waals surface area contributed by atoms with Gasteiger partial charge in [-0.3, -0.25) is 4.79 Å². The van der Waals surface area contributed by atoms with Crippen molar-refractivity contribution in [2.24, 2.45) is 5.73 Å². The zero-order valence-corrected chi connectivity index (χ0v) is 8.85. The molecule has 0 amide bonds. The maximum atomic E-state index is 10.6. The SMILES string of the molecule is CC(=O)CCCCCC(N)C(=O)S. The third-order valence-corrected chi connectivity index (χ3v) is 2.19. The second-order valence-electron chi connectivity index (χ2n) is 3.25. The summed E-state index contributed by atoms with van der Waals surface area (Å²) in [5.74, 6) is 0.217. The quantitative estimate of drug-likeness (QED) is 0.484. The van der Waals surface area contributed by atoms with E-state index in [2.05, 4.69) is 12.6 Å². The first kappa shape index (κ1) is 12.7. The Morgan fingerprint density at radius 2 is 1.92 bits per heavy atom. The number of ketones is 1. The van der Waals surface area contributed by atoms with Crippen molar-refractivity contribution in [1.82, 2.24) is 0 Å². The molecule has 0 fully saturated rings. The summed E-state index contributed by atoms with van der Waals surface area (Å²) in [4.78, 5) is 21.2. The summed E-state index contributed by atoms with van der Waals surface area (Å²) >= 11 is 3.63. The standard InChI is InChI=1S/C9H17NO2S/c1-7(11)5-3-2-4-6-8(10)9(12)13/h8H,2-6,10H2,1H3,(H,12,13). The van der Waals surface area contributed by atoms with Crippen LogP contribution in [-0.4, -0.2) is 16.9 Å².